The maximum Gasteiger partial charge on any atom is 0.321 e. The smallest absolute Gasteiger partial charge is 0.321 e. The fraction of sp³-hybridized carbons (Fsp3) is 0.333. The van der Waals surface area contributed by atoms with E-state index in [-0.39, 0.29) is 12.8 Å². The maximum atomic E-state index is 11.5. The highest BCUT2D eigenvalue weighted by Gasteiger charge is 2.01. The molecule has 7 heteroatoms. The van der Waals surface area contributed by atoms with Crippen LogP contribution in [-0.2, 0) is 9.47 Å². The van der Waals surface area contributed by atoms with Crippen molar-refractivity contribution in [2.75, 3.05) is 32.4 Å². The summed E-state index contributed by atoms with van der Waals surface area (Å²) in [5.41, 5.74) is 0.650. The number of hydrogen-bond donors (Lipinski definition) is 2. The van der Waals surface area contributed by atoms with E-state index in [1.165, 1.54) is 0 Å². The zero-order chi connectivity index (χ0) is 13.9. The molecular weight excluding hydrogens is 266 g/mol. The number of carbonyl (C=O) groups excluding carboxylic acids is 1. The number of hydrogen-bond acceptors (Lipinski definition) is 5. The van der Waals surface area contributed by atoms with Crippen molar-refractivity contribution in [1.29, 1.82) is 5.26 Å². The van der Waals surface area contributed by atoms with Crippen molar-refractivity contribution < 1.29 is 14.3 Å². The van der Waals surface area contributed by atoms with Gasteiger partial charge in [0, 0.05) is 17.7 Å². The number of nitrogens with one attached hydrogen (secondary N) is 2. The monoisotopic (exact) mass is 281 g/mol. The number of amides is 2. The largest absolute Gasteiger partial charge is 0.382 e. The Morgan fingerprint density at radius 3 is 2.74 bits per heavy atom. The highest BCUT2D eigenvalue weighted by molar-refractivity contribution is 8.03. The third-order valence-electron chi connectivity index (χ3n) is 2.04. The van der Waals surface area contributed by atoms with Crippen molar-refractivity contribution in [3.63, 3.8) is 0 Å². The first-order valence-electron chi connectivity index (χ1n) is 5.54. The van der Waals surface area contributed by atoms with Crippen molar-refractivity contribution in [3.8, 4) is 5.40 Å². The second-order valence-corrected chi connectivity index (χ2v) is 4.25. The van der Waals surface area contributed by atoms with Gasteiger partial charge in [-0.05, 0) is 36.0 Å². The Morgan fingerprint density at radius 2 is 2.11 bits per heavy atom. The van der Waals surface area contributed by atoms with Gasteiger partial charge in [0.05, 0.1) is 13.2 Å². The van der Waals surface area contributed by atoms with E-state index in [0.717, 1.165) is 16.7 Å². The predicted molar refractivity (Wildman–Crippen MR) is 72.8 cm³/mol. The summed E-state index contributed by atoms with van der Waals surface area (Å²) >= 11 is 1.07. The summed E-state index contributed by atoms with van der Waals surface area (Å²) in [6.07, 6.45) is 0. The molecule has 1 rings (SSSR count). The zero-order valence-electron chi connectivity index (χ0n) is 10.5. The van der Waals surface area contributed by atoms with Crippen molar-refractivity contribution in [2.45, 2.75) is 4.90 Å². The van der Waals surface area contributed by atoms with Crippen LogP contribution in [0.4, 0.5) is 10.5 Å². The number of carbonyl (C=O) groups is 1. The molecule has 0 aliphatic rings. The average molecular weight is 281 g/mol. The lowest BCUT2D eigenvalue weighted by atomic mass is 10.3. The van der Waals surface area contributed by atoms with E-state index in [2.05, 4.69) is 10.6 Å². The number of nitrogens with zero attached hydrogens (tertiary/aromatic N) is 1. The topological polar surface area (TPSA) is 83.4 Å². The van der Waals surface area contributed by atoms with Crippen LogP contribution < -0.4 is 10.6 Å². The molecule has 0 bridgehead atoms. The Kier molecular flexibility index (Phi) is 7.43. The van der Waals surface area contributed by atoms with Gasteiger partial charge in [0.2, 0.25) is 0 Å². The van der Waals surface area contributed by atoms with E-state index in [0.29, 0.717) is 18.9 Å². The SMILES string of the molecule is COCCOCNC(=O)Nc1ccc(SC#N)cc1. The number of ether oxygens (including phenoxy) is 2. The normalized spacial score (nSPS) is 9.68. The number of thioether (sulfide) groups is 1. The van der Waals surface area contributed by atoms with Crippen LogP contribution in [0.25, 0.3) is 0 Å². The molecule has 0 saturated heterocycles. The van der Waals surface area contributed by atoms with Gasteiger partial charge in [-0.2, -0.15) is 5.26 Å². The standard InChI is InChI=1S/C12H15N3O3S/c1-17-6-7-18-9-14-12(16)15-10-2-4-11(5-3-10)19-8-13/h2-5H,6-7,9H2,1H3,(H2,14,15,16). The van der Waals surface area contributed by atoms with Crippen LogP contribution in [-0.4, -0.2) is 33.1 Å². The molecular formula is C12H15N3O3S. The molecule has 19 heavy (non-hydrogen) atoms. The minimum absolute atomic E-state index is 0.123. The van der Waals surface area contributed by atoms with Crippen molar-refractivity contribution >= 4 is 23.5 Å². The molecule has 0 atom stereocenters. The molecule has 0 radical (unpaired) electrons. The molecule has 0 aliphatic heterocycles. The summed E-state index contributed by atoms with van der Waals surface area (Å²) in [6.45, 7) is 1.04. The molecule has 0 saturated carbocycles. The van der Waals surface area contributed by atoms with E-state index in [9.17, 15) is 4.79 Å². The number of rotatable bonds is 7. The molecule has 2 amide bonds. The van der Waals surface area contributed by atoms with Crippen molar-refractivity contribution in [1.82, 2.24) is 5.32 Å². The van der Waals surface area contributed by atoms with E-state index in [1.54, 1.807) is 31.4 Å². The van der Waals surface area contributed by atoms with Crippen molar-refractivity contribution in [3.05, 3.63) is 24.3 Å². The molecule has 0 spiro atoms. The Bertz CT molecular complexity index is 431. The molecule has 1 aromatic rings. The summed E-state index contributed by atoms with van der Waals surface area (Å²) in [5, 5.41) is 15.7. The first-order valence-corrected chi connectivity index (χ1v) is 6.35. The van der Waals surface area contributed by atoms with Gasteiger partial charge in [-0.3, -0.25) is 0 Å². The summed E-state index contributed by atoms with van der Waals surface area (Å²) in [7, 11) is 1.58. The lowest BCUT2D eigenvalue weighted by Crippen LogP contribution is -2.31. The van der Waals surface area contributed by atoms with Crippen LogP contribution in [0.1, 0.15) is 0 Å². The Balaban J connectivity index is 2.26. The first kappa shape index (κ1) is 15.3. The minimum atomic E-state index is -0.349. The van der Waals surface area contributed by atoms with E-state index in [1.807, 2.05) is 5.40 Å². The van der Waals surface area contributed by atoms with Crippen LogP contribution in [0.2, 0.25) is 0 Å². The van der Waals surface area contributed by atoms with Gasteiger partial charge in [-0.15, -0.1) is 0 Å². The third kappa shape index (κ3) is 6.67. The summed E-state index contributed by atoms with van der Waals surface area (Å²) in [6, 6.07) is 6.63. The van der Waals surface area contributed by atoms with E-state index < -0.39 is 0 Å². The summed E-state index contributed by atoms with van der Waals surface area (Å²) < 4.78 is 9.89. The fourth-order valence-corrected chi connectivity index (χ4v) is 1.54. The van der Waals surface area contributed by atoms with Gasteiger partial charge in [0.25, 0.3) is 0 Å². The molecule has 1 aromatic carbocycles. The number of urea groups is 1. The third-order valence-corrected chi connectivity index (χ3v) is 2.64. The van der Waals surface area contributed by atoms with Crippen molar-refractivity contribution in [2.24, 2.45) is 0 Å². The van der Waals surface area contributed by atoms with Gasteiger partial charge < -0.3 is 20.1 Å². The van der Waals surface area contributed by atoms with Gasteiger partial charge in [0.15, 0.2) is 0 Å². The quantitative estimate of drug-likeness (QED) is 0.346. The molecule has 6 nitrogen and oxygen atoms in total. The van der Waals surface area contributed by atoms with Crippen LogP contribution in [0.3, 0.4) is 0 Å². The van der Waals surface area contributed by atoms with Crippen LogP contribution in [0.15, 0.2) is 29.2 Å². The maximum absolute atomic E-state index is 11.5. The highest BCUT2D eigenvalue weighted by atomic mass is 32.2. The minimum Gasteiger partial charge on any atom is -0.382 e. The molecule has 102 valence electrons. The molecule has 0 unspecified atom stereocenters. The predicted octanol–water partition coefficient (Wildman–Crippen LogP) is 2.00. The van der Waals surface area contributed by atoms with Crippen LogP contribution in [0.5, 0.6) is 0 Å². The number of anilines is 1. The second kappa shape index (κ2) is 9.22. The Labute approximate surface area is 116 Å². The fourth-order valence-electron chi connectivity index (χ4n) is 1.17. The van der Waals surface area contributed by atoms with Crippen LogP contribution >= 0.6 is 11.8 Å². The molecule has 0 aromatic heterocycles. The summed E-state index contributed by atoms with van der Waals surface area (Å²) in [5.74, 6) is 0. The number of nitriles is 1. The van der Waals surface area contributed by atoms with Gasteiger partial charge >= 0.3 is 6.03 Å². The van der Waals surface area contributed by atoms with Gasteiger partial charge in [0.1, 0.15) is 12.1 Å². The lowest BCUT2D eigenvalue weighted by molar-refractivity contribution is 0.0650. The second-order valence-electron chi connectivity index (χ2n) is 3.39. The summed E-state index contributed by atoms with van der Waals surface area (Å²) in [4.78, 5) is 12.3. The number of thiocyanates is 1. The molecule has 0 fully saturated rings. The van der Waals surface area contributed by atoms with Crippen LogP contribution in [0, 0.1) is 10.7 Å². The first-order chi connectivity index (χ1) is 9.26. The highest BCUT2D eigenvalue weighted by Crippen LogP contribution is 2.18. The molecule has 0 aliphatic carbocycles. The number of benzene rings is 1. The molecule has 0 heterocycles. The van der Waals surface area contributed by atoms with Gasteiger partial charge in [-0.1, -0.05) is 0 Å². The molecule has 2 N–H and O–H groups in total. The zero-order valence-corrected chi connectivity index (χ0v) is 11.3. The number of methoxy groups -OCH3 is 1. The van der Waals surface area contributed by atoms with E-state index >= 15 is 0 Å². The lowest BCUT2D eigenvalue weighted by Gasteiger charge is -2.08. The van der Waals surface area contributed by atoms with E-state index in [4.69, 9.17) is 14.7 Å². The van der Waals surface area contributed by atoms with Gasteiger partial charge in [-0.25, -0.2) is 4.79 Å². The average Bonchev–Trinajstić information content (AvgIpc) is 2.41. The Hall–Kier alpha value is -1.75. The Morgan fingerprint density at radius 1 is 1.37 bits per heavy atom.